The predicted octanol–water partition coefficient (Wildman–Crippen LogP) is 10.9. The minimum atomic E-state index is -1.68. The fourth-order valence-electron chi connectivity index (χ4n) is 9.43. The summed E-state index contributed by atoms with van der Waals surface area (Å²) in [5.41, 5.74) is 4.32. The smallest absolute Gasteiger partial charge is 0.0648 e. The van der Waals surface area contributed by atoms with E-state index in [0.29, 0.717) is 0 Å². The lowest BCUT2D eigenvalue weighted by Crippen LogP contribution is -2.55. The summed E-state index contributed by atoms with van der Waals surface area (Å²) in [5.74, 6) is 0. The van der Waals surface area contributed by atoms with Gasteiger partial charge in [0.1, 0.15) is 0 Å². The Bertz CT molecular complexity index is 1280. The van der Waals surface area contributed by atoms with Gasteiger partial charge < -0.3 is 0 Å². The molecule has 0 fully saturated rings. The van der Waals surface area contributed by atoms with Crippen LogP contribution in [0.1, 0.15) is 83.1 Å². The molecule has 0 spiro atoms. The maximum atomic E-state index is 2.56. The van der Waals surface area contributed by atoms with E-state index in [1.807, 2.05) is 0 Å². The van der Waals surface area contributed by atoms with Gasteiger partial charge in [0.15, 0.2) is 0 Å². The summed E-state index contributed by atoms with van der Waals surface area (Å²) in [6, 6.07) is 24.6. The monoisotopic (exact) mass is 540 g/mol. The molecule has 0 aliphatic heterocycles. The molecule has 38 heavy (non-hydrogen) atoms. The van der Waals surface area contributed by atoms with Crippen molar-refractivity contribution < 1.29 is 0 Å². The van der Waals surface area contributed by atoms with Crippen molar-refractivity contribution in [2.75, 3.05) is 0 Å². The third kappa shape index (κ3) is 4.22. The minimum absolute atomic E-state index is 0.719. The topological polar surface area (TPSA) is 0 Å². The number of fused-ring (bicyclic) bond motifs is 5. The lowest BCUT2D eigenvalue weighted by Gasteiger charge is -2.44. The first-order chi connectivity index (χ1) is 17.8. The first-order valence-corrected chi connectivity index (χ1v) is 19.7. The Morgan fingerprint density at radius 1 is 0.342 bits per heavy atom. The summed E-state index contributed by atoms with van der Waals surface area (Å²) in [6.45, 7) is 29.6. The molecule has 0 aromatic heterocycles. The Morgan fingerprint density at radius 2 is 0.605 bits per heavy atom. The van der Waals surface area contributed by atoms with Gasteiger partial charge >= 0.3 is 0 Å². The molecule has 2 heteroatoms. The SMILES string of the molecule is CC(C)[Si](c1ccc2c(ccc3c4ccc([Si](C(C)C)(C(C)C)C(C)C)cc4ccc23)c1)(C(C)C)C(C)C. The zero-order valence-corrected chi connectivity index (χ0v) is 28.2. The Labute approximate surface area is 235 Å². The average Bonchev–Trinajstić information content (AvgIpc) is 2.82. The summed E-state index contributed by atoms with van der Waals surface area (Å²) in [5, 5.41) is 11.6. The van der Waals surface area contributed by atoms with Crippen molar-refractivity contribution in [2.45, 2.75) is 116 Å². The summed E-state index contributed by atoms with van der Waals surface area (Å²) >= 11 is 0. The van der Waals surface area contributed by atoms with Crippen LogP contribution in [0.2, 0.25) is 33.2 Å². The molecule has 204 valence electrons. The molecule has 0 heterocycles. The van der Waals surface area contributed by atoms with Crippen LogP contribution in [0.15, 0.2) is 60.7 Å². The molecule has 0 unspecified atom stereocenters. The Morgan fingerprint density at radius 3 is 0.868 bits per heavy atom. The van der Waals surface area contributed by atoms with Crippen LogP contribution in [-0.2, 0) is 0 Å². The van der Waals surface area contributed by atoms with E-state index in [1.165, 1.54) is 32.3 Å². The zero-order chi connectivity index (χ0) is 28.2. The maximum absolute atomic E-state index is 2.56. The van der Waals surface area contributed by atoms with Crippen molar-refractivity contribution in [3.63, 3.8) is 0 Å². The highest BCUT2D eigenvalue weighted by Crippen LogP contribution is 2.43. The molecule has 0 bridgehead atoms. The van der Waals surface area contributed by atoms with Gasteiger partial charge in [-0.15, -0.1) is 0 Å². The van der Waals surface area contributed by atoms with Gasteiger partial charge in [-0.05, 0) is 65.6 Å². The normalized spacial score (nSPS) is 13.6. The van der Waals surface area contributed by atoms with Gasteiger partial charge in [-0.25, -0.2) is 0 Å². The Balaban J connectivity index is 1.92. The van der Waals surface area contributed by atoms with Gasteiger partial charge in [0, 0.05) is 0 Å². The molecular weight excluding hydrogens is 489 g/mol. The standard InChI is InChI=1S/C36H52Si2/c1-23(2)37(24(3)4,25(5)6)31-15-19-33-29(21-31)13-17-36-34-20-16-32(22-30(34)14-18-35(33)36)38(26(7)8,27(9)10)28(11)12/h13-28H,1-12H3. The van der Waals surface area contributed by atoms with E-state index in [9.17, 15) is 0 Å². The zero-order valence-electron chi connectivity index (χ0n) is 26.2. The molecule has 4 rings (SSSR count). The van der Waals surface area contributed by atoms with Crippen molar-refractivity contribution in [1.29, 1.82) is 0 Å². The first-order valence-electron chi connectivity index (χ1n) is 15.2. The second-order valence-electron chi connectivity index (χ2n) is 13.9. The van der Waals surface area contributed by atoms with Crippen LogP contribution in [0.25, 0.3) is 32.3 Å². The van der Waals surface area contributed by atoms with Crippen LogP contribution in [0.3, 0.4) is 0 Å². The second-order valence-corrected chi connectivity index (χ2v) is 25.7. The number of hydrogen-bond acceptors (Lipinski definition) is 0. The second kappa shape index (κ2) is 10.6. The van der Waals surface area contributed by atoms with E-state index in [4.69, 9.17) is 0 Å². The Hall–Kier alpha value is -1.91. The fourth-order valence-corrected chi connectivity index (χ4v) is 23.0. The summed E-state index contributed by atoms with van der Waals surface area (Å²) < 4.78 is 0. The van der Waals surface area contributed by atoms with Gasteiger partial charge in [-0.1, -0.05) is 154 Å². The average molecular weight is 541 g/mol. The van der Waals surface area contributed by atoms with Gasteiger partial charge in [0.2, 0.25) is 0 Å². The molecule has 0 amide bonds. The summed E-state index contributed by atoms with van der Waals surface area (Å²) in [6.07, 6.45) is 0. The van der Waals surface area contributed by atoms with E-state index in [2.05, 4.69) is 144 Å². The van der Waals surface area contributed by atoms with Gasteiger partial charge in [-0.2, -0.15) is 0 Å². The molecule has 0 N–H and O–H groups in total. The van der Waals surface area contributed by atoms with Crippen molar-refractivity contribution in [3.05, 3.63) is 60.7 Å². The molecule has 4 aromatic rings. The predicted molar refractivity (Wildman–Crippen MR) is 180 cm³/mol. The minimum Gasteiger partial charge on any atom is -0.0648 e. The number of benzene rings is 4. The highest BCUT2D eigenvalue weighted by molar-refractivity contribution is 6.95. The summed E-state index contributed by atoms with van der Waals surface area (Å²) in [4.78, 5) is 0. The van der Waals surface area contributed by atoms with E-state index in [1.54, 1.807) is 10.4 Å². The van der Waals surface area contributed by atoms with Crippen LogP contribution in [0.5, 0.6) is 0 Å². The highest BCUT2D eigenvalue weighted by atomic mass is 28.3. The van der Waals surface area contributed by atoms with Gasteiger partial charge in [0.25, 0.3) is 0 Å². The van der Waals surface area contributed by atoms with E-state index < -0.39 is 16.1 Å². The van der Waals surface area contributed by atoms with E-state index in [-0.39, 0.29) is 0 Å². The fraction of sp³-hybridized carbons (Fsp3) is 0.500. The molecule has 0 aliphatic carbocycles. The molecule has 0 aliphatic rings. The van der Waals surface area contributed by atoms with E-state index in [0.717, 1.165) is 33.2 Å². The third-order valence-electron chi connectivity index (χ3n) is 10.6. The maximum Gasteiger partial charge on any atom is 0.0942 e. The molecule has 4 aromatic carbocycles. The lowest BCUT2D eigenvalue weighted by molar-refractivity contribution is 0.835. The quantitative estimate of drug-likeness (QED) is 0.154. The summed E-state index contributed by atoms with van der Waals surface area (Å²) in [7, 11) is -3.36. The van der Waals surface area contributed by atoms with Crippen LogP contribution in [0.4, 0.5) is 0 Å². The van der Waals surface area contributed by atoms with Crippen molar-refractivity contribution in [2.24, 2.45) is 0 Å². The third-order valence-corrected chi connectivity index (χ3v) is 24.7. The largest absolute Gasteiger partial charge is 0.0942 e. The Kier molecular flexibility index (Phi) is 8.10. The molecule has 0 nitrogen and oxygen atoms in total. The van der Waals surface area contributed by atoms with Gasteiger partial charge in [0.05, 0.1) is 16.1 Å². The molecular formula is C36H52Si2. The highest BCUT2D eigenvalue weighted by Gasteiger charge is 2.45. The van der Waals surface area contributed by atoms with E-state index >= 15 is 0 Å². The van der Waals surface area contributed by atoms with Crippen LogP contribution < -0.4 is 10.4 Å². The first kappa shape index (κ1) is 29.1. The van der Waals surface area contributed by atoms with Crippen LogP contribution in [0, 0.1) is 0 Å². The lowest BCUT2D eigenvalue weighted by atomic mass is 9.97. The van der Waals surface area contributed by atoms with Crippen molar-refractivity contribution in [3.8, 4) is 0 Å². The number of rotatable bonds is 8. The van der Waals surface area contributed by atoms with Crippen molar-refractivity contribution >= 4 is 58.8 Å². The van der Waals surface area contributed by atoms with Crippen LogP contribution >= 0.6 is 0 Å². The molecule has 0 radical (unpaired) electrons. The molecule has 0 atom stereocenters. The molecule has 0 saturated heterocycles. The number of hydrogen-bond donors (Lipinski definition) is 0. The van der Waals surface area contributed by atoms with Gasteiger partial charge in [-0.3, -0.25) is 0 Å². The van der Waals surface area contributed by atoms with Crippen LogP contribution in [-0.4, -0.2) is 16.1 Å². The molecule has 0 saturated carbocycles. The van der Waals surface area contributed by atoms with Crippen molar-refractivity contribution in [1.82, 2.24) is 0 Å².